The fourth-order valence-electron chi connectivity index (χ4n) is 3.67. The number of hydrogen-bond acceptors (Lipinski definition) is 8. The van der Waals surface area contributed by atoms with E-state index in [9.17, 15) is 29.7 Å². The molecule has 2 aromatic rings. The normalized spacial score (nSPS) is 14.0. The lowest BCUT2D eigenvalue weighted by Crippen LogP contribution is -2.47. The average Bonchev–Trinajstić information content (AvgIpc) is 2.73. The summed E-state index contributed by atoms with van der Waals surface area (Å²) in [6.45, 7) is 2.25. The van der Waals surface area contributed by atoms with Crippen molar-refractivity contribution in [1.29, 1.82) is 0 Å². The number of benzene rings is 2. The number of ether oxygens (including phenoxy) is 1. The molecule has 0 amide bonds. The number of nitrogens with zero attached hydrogens (tertiary/aromatic N) is 4. The maximum absolute atomic E-state index is 14.0. The second-order valence-electron chi connectivity index (χ2n) is 6.84. The Morgan fingerprint density at radius 1 is 1.10 bits per heavy atom. The van der Waals surface area contributed by atoms with Gasteiger partial charge in [0.1, 0.15) is 0 Å². The minimum atomic E-state index is -0.674. The Morgan fingerprint density at radius 3 is 2.23 bits per heavy atom. The van der Waals surface area contributed by atoms with Gasteiger partial charge < -0.3 is 19.6 Å². The van der Waals surface area contributed by atoms with E-state index in [1.807, 2.05) is 4.90 Å². The first-order valence-corrected chi connectivity index (χ1v) is 9.18. The molecule has 1 saturated heterocycles. The molecule has 0 aromatic heterocycles. The van der Waals surface area contributed by atoms with Crippen LogP contribution in [0.2, 0.25) is 0 Å². The maximum atomic E-state index is 14.0. The number of anilines is 2. The molecule has 2 aromatic carbocycles. The summed E-state index contributed by atoms with van der Waals surface area (Å²) in [6, 6.07) is 5.76. The predicted octanol–water partition coefficient (Wildman–Crippen LogP) is 2.78. The Labute approximate surface area is 171 Å². The standard InChI is InChI=1S/C19H21FN4O6/c1-12-13(11-25)9-16(23(26)27)19(18(12)24(28)29)22-7-5-21(6-8-22)14-3-4-17(30-2)15(20)10-14/h3-4,9-10,25H,5-8,11H2,1-2H3. The van der Waals surface area contributed by atoms with Crippen LogP contribution in [0.15, 0.2) is 24.3 Å². The van der Waals surface area contributed by atoms with Gasteiger partial charge in [-0.2, -0.15) is 0 Å². The van der Waals surface area contributed by atoms with Crippen molar-refractivity contribution in [3.63, 3.8) is 0 Å². The molecule has 0 radical (unpaired) electrons. The van der Waals surface area contributed by atoms with E-state index >= 15 is 0 Å². The van der Waals surface area contributed by atoms with Crippen molar-refractivity contribution in [1.82, 2.24) is 0 Å². The SMILES string of the molecule is COc1ccc(N2CCN(c3c([N+](=O)[O-])cc(CO)c(C)c3[N+](=O)[O-])CC2)cc1F. The summed E-state index contributed by atoms with van der Waals surface area (Å²) in [5, 5.41) is 32.8. The van der Waals surface area contributed by atoms with Crippen LogP contribution in [0.3, 0.4) is 0 Å². The van der Waals surface area contributed by atoms with Crippen LogP contribution in [-0.2, 0) is 6.61 Å². The zero-order valence-corrected chi connectivity index (χ0v) is 16.5. The fraction of sp³-hybridized carbons (Fsp3) is 0.368. The first-order chi connectivity index (χ1) is 14.3. The Bertz CT molecular complexity index is 991. The highest BCUT2D eigenvalue weighted by Gasteiger charge is 2.35. The molecule has 1 N–H and O–H groups in total. The van der Waals surface area contributed by atoms with Crippen LogP contribution in [0, 0.1) is 33.0 Å². The molecule has 11 heteroatoms. The predicted molar refractivity (Wildman–Crippen MR) is 108 cm³/mol. The lowest BCUT2D eigenvalue weighted by molar-refractivity contribution is -0.393. The van der Waals surface area contributed by atoms with Gasteiger partial charge in [-0.1, -0.05) is 0 Å². The van der Waals surface area contributed by atoms with Crippen molar-refractivity contribution in [3.8, 4) is 5.75 Å². The Balaban J connectivity index is 1.93. The van der Waals surface area contributed by atoms with Crippen LogP contribution in [0.4, 0.5) is 27.1 Å². The van der Waals surface area contributed by atoms with Crippen LogP contribution < -0.4 is 14.5 Å². The third kappa shape index (κ3) is 3.83. The second kappa shape index (κ2) is 8.49. The number of rotatable bonds is 6. The second-order valence-corrected chi connectivity index (χ2v) is 6.84. The summed E-state index contributed by atoms with van der Waals surface area (Å²) in [5.41, 5.74) is 0.105. The minimum absolute atomic E-state index is 0.0692. The number of nitro groups is 2. The zero-order valence-electron chi connectivity index (χ0n) is 16.5. The third-order valence-electron chi connectivity index (χ3n) is 5.26. The largest absolute Gasteiger partial charge is 0.494 e. The molecule has 1 aliphatic rings. The zero-order chi connectivity index (χ0) is 22.0. The molecule has 0 bridgehead atoms. The summed E-state index contributed by atoms with van der Waals surface area (Å²) in [7, 11) is 1.38. The van der Waals surface area contributed by atoms with E-state index in [4.69, 9.17) is 4.74 Å². The van der Waals surface area contributed by atoms with Gasteiger partial charge >= 0.3 is 5.69 Å². The van der Waals surface area contributed by atoms with Gasteiger partial charge in [-0.3, -0.25) is 20.2 Å². The van der Waals surface area contributed by atoms with Crippen LogP contribution >= 0.6 is 0 Å². The molecule has 0 atom stereocenters. The van der Waals surface area contributed by atoms with E-state index in [0.29, 0.717) is 18.8 Å². The number of piperazine rings is 1. The van der Waals surface area contributed by atoms with E-state index in [2.05, 4.69) is 0 Å². The first kappa shape index (κ1) is 21.2. The highest BCUT2D eigenvalue weighted by atomic mass is 19.1. The Morgan fingerprint density at radius 2 is 1.73 bits per heavy atom. The van der Waals surface area contributed by atoms with Gasteiger partial charge in [-0.05, 0) is 24.6 Å². The molecular weight excluding hydrogens is 399 g/mol. The summed E-state index contributed by atoms with van der Waals surface area (Å²) in [5.74, 6) is -0.373. The van der Waals surface area contributed by atoms with Gasteiger partial charge in [0.2, 0.25) is 0 Å². The Kier molecular flexibility index (Phi) is 6.01. The van der Waals surface area contributed by atoms with E-state index in [1.165, 1.54) is 32.2 Å². The smallest absolute Gasteiger partial charge is 0.302 e. The maximum Gasteiger partial charge on any atom is 0.302 e. The van der Waals surface area contributed by atoms with Crippen LogP contribution in [0.1, 0.15) is 11.1 Å². The molecular formula is C19H21FN4O6. The molecule has 0 unspecified atom stereocenters. The quantitative estimate of drug-likeness (QED) is 0.559. The minimum Gasteiger partial charge on any atom is -0.494 e. The van der Waals surface area contributed by atoms with Crippen molar-refractivity contribution < 1.29 is 24.1 Å². The molecule has 3 rings (SSSR count). The van der Waals surface area contributed by atoms with Gasteiger partial charge in [-0.25, -0.2) is 4.39 Å². The van der Waals surface area contributed by atoms with Crippen LogP contribution in [0.5, 0.6) is 5.75 Å². The van der Waals surface area contributed by atoms with Crippen molar-refractivity contribution in [3.05, 3.63) is 61.4 Å². The lowest BCUT2D eigenvalue weighted by atomic mass is 10.0. The van der Waals surface area contributed by atoms with E-state index < -0.39 is 28.0 Å². The molecule has 1 heterocycles. The summed E-state index contributed by atoms with van der Waals surface area (Å²) < 4.78 is 18.9. The van der Waals surface area contributed by atoms with E-state index in [0.717, 1.165) is 0 Å². The number of halogens is 1. The van der Waals surface area contributed by atoms with Crippen molar-refractivity contribution in [2.45, 2.75) is 13.5 Å². The number of hydrogen-bond donors (Lipinski definition) is 1. The van der Waals surface area contributed by atoms with E-state index in [1.54, 1.807) is 11.0 Å². The summed E-state index contributed by atoms with van der Waals surface area (Å²) >= 11 is 0. The van der Waals surface area contributed by atoms with Gasteiger partial charge in [0.25, 0.3) is 5.69 Å². The van der Waals surface area contributed by atoms with Crippen molar-refractivity contribution >= 4 is 22.7 Å². The number of methoxy groups -OCH3 is 1. The molecule has 0 saturated carbocycles. The van der Waals surface area contributed by atoms with Crippen LogP contribution in [0.25, 0.3) is 0 Å². The highest BCUT2D eigenvalue weighted by Crippen LogP contribution is 2.42. The number of nitro benzene ring substituents is 2. The number of aliphatic hydroxyl groups excluding tert-OH is 1. The summed E-state index contributed by atoms with van der Waals surface area (Å²) in [6.07, 6.45) is 0. The monoisotopic (exact) mass is 420 g/mol. The van der Waals surface area contributed by atoms with Crippen LogP contribution in [-0.4, -0.2) is 48.2 Å². The average molecular weight is 420 g/mol. The molecule has 10 nitrogen and oxygen atoms in total. The molecule has 0 spiro atoms. The summed E-state index contributed by atoms with van der Waals surface area (Å²) in [4.78, 5) is 25.5. The van der Waals surface area contributed by atoms with Gasteiger partial charge in [0.05, 0.1) is 23.6 Å². The molecule has 30 heavy (non-hydrogen) atoms. The van der Waals surface area contributed by atoms with Crippen molar-refractivity contribution in [2.24, 2.45) is 0 Å². The molecule has 1 fully saturated rings. The molecule has 1 aliphatic heterocycles. The van der Waals surface area contributed by atoms with Crippen molar-refractivity contribution in [2.75, 3.05) is 43.1 Å². The van der Waals surface area contributed by atoms with Gasteiger partial charge in [0.15, 0.2) is 17.3 Å². The third-order valence-corrected chi connectivity index (χ3v) is 5.26. The number of aliphatic hydroxyl groups is 1. The first-order valence-electron chi connectivity index (χ1n) is 9.18. The topological polar surface area (TPSA) is 122 Å². The highest BCUT2D eigenvalue weighted by molar-refractivity contribution is 5.79. The van der Waals surface area contributed by atoms with Gasteiger partial charge in [0, 0.05) is 49.6 Å². The Hall–Kier alpha value is -3.47. The fourth-order valence-corrected chi connectivity index (χ4v) is 3.67. The van der Waals surface area contributed by atoms with E-state index in [-0.39, 0.29) is 41.3 Å². The van der Waals surface area contributed by atoms with Gasteiger partial charge in [-0.15, -0.1) is 0 Å². The lowest BCUT2D eigenvalue weighted by Gasteiger charge is -2.37. The molecule has 160 valence electrons. The molecule has 0 aliphatic carbocycles.